The van der Waals surface area contributed by atoms with Crippen molar-refractivity contribution < 1.29 is 4.58 Å². The molecule has 0 aliphatic carbocycles. The zero-order valence-electron chi connectivity index (χ0n) is 7.97. The first-order chi connectivity index (χ1) is 6.84. The molecule has 3 heteroatoms. The van der Waals surface area contributed by atoms with Crippen molar-refractivity contribution in [1.82, 2.24) is 4.57 Å². The van der Waals surface area contributed by atoms with Gasteiger partial charge in [0.05, 0.1) is 17.5 Å². The van der Waals surface area contributed by atoms with Crippen LogP contribution >= 0.6 is 11.3 Å². The van der Waals surface area contributed by atoms with Crippen molar-refractivity contribution >= 4 is 23.2 Å². The maximum atomic E-state index is 2.27. The molecular formula is C11H11N2S+. The Balaban J connectivity index is 2.26. The number of nitrogens with zero attached hydrogens (tertiary/aromatic N) is 2. The summed E-state index contributed by atoms with van der Waals surface area (Å²) in [5.41, 5.74) is 4.01. The normalized spacial score (nSPS) is 14.2. The van der Waals surface area contributed by atoms with Gasteiger partial charge in [0.25, 0.3) is 0 Å². The maximum Gasteiger partial charge on any atom is 0.220 e. The maximum absolute atomic E-state index is 2.27. The molecule has 0 unspecified atom stereocenters. The summed E-state index contributed by atoms with van der Waals surface area (Å²) in [7, 11) is 2.11. The molecule has 0 saturated heterocycles. The van der Waals surface area contributed by atoms with Gasteiger partial charge < -0.3 is 4.57 Å². The lowest BCUT2D eigenvalue weighted by Gasteiger charge is -1.99. The first-order valence-corrected chi connectivity index (χ1v) is 5.57. The van der Waals surface area contributed by atoms with Crippen LogP contribution in [0.5, 0.6) is 0 Å². The predicted molar refractivity (Wildman–Crippen MR) is 58.9 cm³/mol. The standard InChI is InChI=1S/C11H11N2S/c1-12-6-10-3-2-4-13(10)5-9-7-14-8-11(9)12/h2-4,6-8H,5H2,1H3/q+1. The van der Waals surface area contributed by atoms with Gasteiger partial charge in [-0.3, -0.25) is 0 Å². The lowest BCUT2D eigenvalue weighted by molar-refractivity contribution is -0.398. The zero-order chi connectivity index (χ0) is 9.54. The minimum absolute atomic E-state index is 0.988. The fourth-order valence-electron chi connectivity index (χ4n) is 1.88. The van der Waals surface area contributed by atoms with Gasteiger partial charge in [0.15, 0.2) is 6.21 Å². The Labute approximate surface area is 86.7 Å². The van der Waals surface area contributed by atoms with Crippen LogP contribution in [0.3, 0.4) is 0 Å². The predicted octanol–water partition coefficient (Wildman–Crippen LogP) is 2.30. The summed E-state index contributed by atoms with van der Waals surface area (Å²) in [6, 6.07) is 4.24. The molecular weight excluding hydrogens is 192 g/mol. The van der Waals surface area contributed by atoms with Crippen LogP contribution in [-0.2, 0) is 6.54 Å². The monoisotopic (exact) mass is 203 g/mol. The van der Waals surface area contributed by atoms with Crippen molar-refractivity contribution in [3.05, 3.63) is 40.3 Å². The minimum Gasteiger partial charge on any atom is -0.338 e. The van der Waals surface area contributed by atoms with Gasteiger partial charge in [-0.15, -0.1) is 11.3 Å². The molecule has 0 saturated carbocycles. The summed E-state index contributed by atoms with van der Waals surface area (Å²) in [6.07, 6.45) is 4.31. The van der Waals surface area contributed by atoms with E-state index in [2.05, 4.69) is 51.5 Å². The molecule has 0 fully saturated rings. The second-order valence-electron chi connectivity index (χ2n) is 3.58. The quantitative estimate of drug-likeness (QED) is 0.581. The van der Waals surface area contributed by atoms with Crippen LogP contribution in [0.4, 0.5) is 5.69 Å². The molecule has 2 aromatic rings. The molecule has 1 aliphatic heterocycles. The van der Waals surface area contributed by atoms with E-state index in [1.54, 1.807) is 11.3 Å². The molecule has 0 atom stereocenters. The molecule has 1 aliphatic rings. The van der Waals surface area contributed by atoms with E-state index in [1.807, 2.05) is 0 Å². The molecule has 0 N–H and O–H groups in total. The second kappa shape index (κ2) is 2.82. The molecule has 0 bridgehead atoms. The van der Waals surface area contributed by atoms with Crippen LogP contribution in [-0.4, -0.2) is 22.4 Å². The summed E-state index contributed by atoms with van der Waals surface area (Å²) in [4.78, 5) is 0. The van der Waals surface area contributed by atoms with Crippen LogP contribution in [0.25, 0.3) is 0 Å². The van der Waals surface area contributed by atoms with Crippen molar-refractivity contribution in [2.24, 2.45) is 0 Å². The minimum atomic E-state index is 0.988. The van der Waals surface area contributed by atoms with E-state index < -0.39 is 0 Å². The van der Waals surface area contributed by atoms with Crippen molar-refractivity contribution in [2.45, 2.75) is 6.54 Å². The third kappa shape index (κ3) is 1.06. The summed E-state index contributed by atoms with van der Waals surface area (Å²) in [5.74, 6) is 0. The van der Waals surface area contributed by atoms with Crippen molar-refractivity contribution in [3.8, 4) is 0 Å². The third-order valence-electron chi connectivity index (χ3n) is 2.63. The average Bonchev–Trinajstić information content (AvgIpc) is 2.75. The fraction of sp³-hybridized carbons (Fsp3) is 0.182. The molecule has 3 heterocycles. The molecule has 0 spiro atoms. The number of hydrogen-bond acceptors (Lipinski definition) is 1. The van der Waals surface area contributed by atoms with Gasteiger partial charge in [-0.25, -0.2) is 0 Å². The highest BCUT2D eigenvalue weighted by Gasteiger charge is 2.18. The third-order valence-corrected chi connectivity index (χ3v) is 3.41. The molecule has 14 heavy (non-hydrogen) atoms. The topological polar surface area (TPSA) is 7.94 Å². The molecule has 2 nitrogen and oxygen atoms in total. The lowest BCUT2D eigenvalue weighted by atomic mass is 10.3. The Morgan fingerprint density at radius 3 is 3.29 bits per heavy atom. The number of rotatable bonds is 0. The summed E-state index contributed by atoms with van der Waals surface area (Å²) >= 11 is 1.77. The van der Waals surface area contributed by atoms with E-state index in [4.69, 9.17) is 0 Å². The first kappa shape index (κ1) is 8.00. The van der Waals surface area contributed by atoms with E-state index in [9.17, 15) is 0 Å². The Hall–Kier alpha value is -1.35. The Kier molecular flexibility index (Phi) is 1.61. The van der Waals surface area contributed by atoms with Crippen LogP contribution in [0.2, 0.25) is 0 Å². The smallest absolute Gasteiger partial charge is 0.220 e. The largest absolute Gasteiger partial charge is 0.338 e. The van der Waals surface area contributed by atoms with Crippen molar-refractivity contribution in [1.29, 1.82) is 0 Å². The van der Waals surface area contributed by atoms with Gasteiger partial charge in [0, 0.05) is 11.6 Å². The Bertz CT molecular complexity index is 505. The first-order valence-electron chi connectivity index (χ1n) is 4.62. The van der Waals surface area contributed by atoms with E-state index in [1.165, 1.54) is 16.9 Å². The number of aromatic nitrogens is 1. The molecule has 70 valence electrons. The Morgan fingerprint density at radius 2 is 2.36 bits per heavy atom. The lowest BCUT2D eigenvalue weighted by Crippen LogP contribution is -2.01. The van der Waals surface area contributed by atoms with Crippen molar-refractivity contribution in [3.63, 3.8) is 0 Å². The van der Waals surface area contributed by atoms with Crippen LogP contribution in [0.15, 0.2) is 29.1 Å². The van der Waals surface area contributed by atoms with Gasteiger partial charge in [-0.1, -0.05) is 0 Å². The molecule has 0 radical (unpaired) electrons. The van der Waals surface area contributed by atoms with E-state index in [-0.39, 0.29) is 0 Å². The summed E-state index contributed by atoms with van der Waals surface area (Å²) < 4.78 is 4.47. The van der Waals surface area contributed by atoms with E-state index in [0.717, 1.165) is 6.54 Å². The SMILES string of the molecule is C[N+]1=Cc2cccn2Cc2cscc21. The number of thiophene rings is 1. The van der Waals surface area contributed by atoms with Gasteiger partial charge in [-0.05, 0) is 12.1 Å². The highest BCUT2D eigenvalue weighted by molar-refractivity contribution is 7.08. The highest BCUT2D eigenvalue weighted by Crippen LogP contribution is 2.26. The number of fused-ring (bicyclic) bond motifs is 2. The highest BCUT2D eigenvalue weighted by atomic mass is 32.1. The van der Waals surface area contributed by atoms with Gasteiger partial charge in [0.1, 0.15) is 12.7 Å². The van der Waals surface area contributed by atoms with Crippen molar-refractivity contribution in [2.75, 3.05) is 7.05 Å². The summed E-state index contributed by atoms with van der Waals surface area (Å²) in [5, 5.41) is 4.44. The van der Waals surface area contributed by atoms with Gasteiger partial charge in [0.2, 0.25) is 5.69 Å². The fourth-order valence-corrected chi connectivity index (χ4v) is 2.76. The van der Waals surface area contributed by atoms with Crippen LogP contribution in [0, 0.1) is 0 Å². The Morgan fingerprint density at radius 1 is 1.43 bits per heavy atom. The second-order valence-corrected chi connectivity index (χ2v) is 4.33. The summed E-state index contributed by atoms with van der Waals surface area (Å²) in [6.45, 7) is 0.988. The van der Waals surface area contributed by atoms with Crippen LogP contribution in [0.1, 0.15) is 11.3 Å². The molecule has 0 amide bonds. The average molecular weight is 203 g/mol. The molecule has 2 aromatic heterocycles. The molecule has 3 rings (SSSR count). The zero-order valence-corrected chi connectivity index (χ0v) is 8.79. The van der Waals surface area contributed by atoms with Gasteiger partial charge >= 0.3 is 0 Å². The van der Waals surface area contributed by atoms with E-state index in [0.29, 0.717) is 0 Å². The molecule has 0 aromatic carbocycles. The van der Waals surface area contributed by atoms with Crippen LogP contribution < -0.4 is 0 Å². The number of hydrogen-bond donors (Lipinski definition) is 0. The van der Waals surface area contributed by atoms with Gasteiger partial charge in [-0.2, -0.15) is 4.58 Å². The van der Waals surface area contributed by atoms with E-state index >= 15 is 0 Å².